The van der Waals surface area contributed by atoms with Crippen molar-refractivity contribution in [2.75, 3.05) is 0 Å². The van der Waals surface area contributed by atoms with E-state index in [1.165, 1.54) is 117 Å². The Balaban J connectivity index is 0.000000101. The topological polar surface area (TPSA) is 162 Å². The minimum absolute atomic E-state index is 0.0331. The number of hydrogen-bond acceptors (Lipinski definition) is 6. The molecule has 4 heterocycles. The Bertz CT molecular complexity index is 9580. The molecule has 0 spiro atoms. The fourth-order valence-electron chi connectivity index (χ4n) is 24.3. The molecule has 4 aliphatic carbocycles. The van der Waals surface area contributed by atoms with Gasteiger partial charge in [0.25, 0.3) is 0 Å². The van der Waals surface area contributed by atoms with Crippen molar-refractivity contribution in [1.29, 1.82) is 31.6 Å². The second kappa shape index (κ2) is 33.7. The van der Waals surface area contributed by atoms with Crippen LogP contribution in [0.3, 0.4) is 0 Å². The first-order chi connectivity index (χ1) is 70.7. The lowest BCUT2D eigenvalue weighted by atomic mass is 9.68. The highest BCUT2D eigenvalue weighted by Crippen LogP contribution is 2.60. The summed E-state index contributed by atoms with van der Waals surface area (Å²) in [5, 5.41) is 65.5. The summed E-state index contributed by atoms with van der Waals surface area (Å²) in [5.74, 6) is 0. The SMILES string of the molecule is CC1(C)c2ccccc2-c2ccc(-n3c4ccc(C#N)cc4c4cc(C#N)ccc43)cc21.CC1(C)c2ccccc2-c2ccc(-n3c4ccccc4c4cc(C#N)ccc43)cc21.N#Cc1ccc2c(c1)c1cc(C#N)ccc1n2-c1ccc2c(c1)-c1ccccc1C2(c1ccccc1)c1ccccc1.N#Cc1ccc2c(c1)c1ccccc1n2-c1ccc2c(c1)-c1ccccc1C2(c1ccccc1)c1ccccc1. The number of aromatic nitrogens is 4. The Kier molecular flexibility index (Phi) is 20.2. The van der Waals surface area contributed by atoms with Crippen LogP contribution < -0.4 is 0 Å². The maximum Gasteiger partial charge on any atom is 0.0991 e. The van der Waals surface area contributed by atoms with Gasteiger partial charge in [0.2, 0.25) is 0 Å². The van der Waals surface area contributed by atoms with E-state index >= 15 is 0 Å². The molecule has 0 aliphatic heterocycles. The summed E-state index contributed by atoms with van der Waals surface area (Å²) >= 11 is 0. The van der Waals surface area contributed by atoms with Crippen molar-refractivity contribution >= 4 is 87.2 Å². The molecule has 24 aromatic rings. The summed E-state index contributed by atoms with van der Waals surface area (Å²) in [7, 11) is 0. The molecule has 0 radical (unpaired) electrons. The zero-order valence-electron chi connectivity index (χ0n) is 79.2. The molecule has 0 N–H and O–H groups in total. The van der Waals surface area contributed by atoms with Gasteiger partial charge in [-0.2, -0.15) is 31.6 Å². The smallest absolute Gasteiger partial charge is 0.0991 e. The second-order valence-corrected chi connectivity index (χ2v) is 38.8. The number of hydrogen-bond donors (Lipinski definition) is 0. The molecule has 10 heteroatoms. The van der Waals surface area contributed by atoms with Gasteiger partial charge in [0, 0.05) is 76.7 Å². The Hall–Kier alpha value is -19.5. The van der Waals surface area contributed by atoms with E-state index in [-0.39, 0.29) is 10.8 Å². The molecular weight excluding hydrogens is 1750 g/mol. The third kappa shape index (κ3) is 13.0. The number of para-hydroxylation sites is 2. The Morgan fingerprint density at radius 3 is 0.653 bits per heavy atom. The van der Waals surface area contributed by atoms with Crippen molar-refractivity contribution in [2.24, 2.45) is 0 Å². The molecule has 0 saturated carbocycles. The molecule has 0 atom stereocenters. The van der Waals surface area contributed by atoms with Gasteiger partial charge in [0.05, 0.1) is 125 Å². The molecule has 20 aromatic carbocycles. The molecule has 4 aliphatic rings. The van der Waals surface area contributed by atoms with Crippen LogP contribution in [0.2, 0.25) is 0 Å². The first-order valence-electron chi connectivity index (χ1n) is 48.5. The van der Waals surface area contributed by atoms with Crippen molar-refractivity contribution < 1.29 is 0 Å². The molecule has 28 rings (SSSR count). The predicted octanol–water partition coefficient (Wildman–Crippen LogP) is 31.7. The van der Waals surface area contributed by atoms with Crippen LogP contribution >= 0.6 is 0 Å². The molecule has 0 amide bonds. The largest absolute Gasteiger partial charge is 0.309 e. The van der Waals surface area contributed by atoms with E-state index < -0.39 is 10.8 Å². The van der Waals surface area contributed by atoms with Crippen LogP contribution in [0.4, 0.5) is 0 Å². The molecule has 0 saturated heterocycles. The Morgan fingerprint density at radius 2 is 0.368 bits per heavy atom. The average Bonchev–Trinajstić information content (AvgIpc) is 1.53. The number of benzene rings is 20. The van der Waals surface area contributed by atoms with Crippen LogP contribution in [0.15, 0.2) is 449 Å². The van der Waals surface area contributed by atoms with Crippen LogP contribution in [0, 0.1) is 68.0 Å². The molecule has 0 bridgehead atoms. The van der Waals surface area contributed by atoms with Gasteiger partial charge in [0.15, 0.2) is 0 Å². The molecular formula is C134H86N10. The summed E-state index contributed by atoms with van der Waals surface area (Å²) in [6.45, 7) is 9.19. The number of nitrogens with zero attached hydrogens (tertiary/aromatic N) is 10. The van der Waals surface area contributed by atoms with Gasteiger partial charge in [-0.25, -0.2) is 0 Å². The molecule has 672 valence electrons. The second-order valence-electron chi connectivity index (χ2n) is 38.8. The van der Waals surface area contributed by atoms with Crippen molar-refractivity contribution in [2.45, 2.75) is 49.4 Å². The molecule has 144 heavy (non-hydrogen) atoms. The van der Waals surface area contributed by atoms with Gasteiger partial charge in [0.1, 0.15) is 0 Å². The first-order valence-corrected chi connectivity index (χ1v) is 48.5. The third-order valence-corrected chi connectivity index (χ3v) is 30.7. The standard InChI is InChI=1S/C39H23N3.C38H24N2.C29H19N3.C28H20N2/c40-24-26-15-19-37-33(21-26)34-22-27(25-41)16-20-38(34)42(37)30-17-18-36-32(23-30)31-13-7-8-14-35(31)39(36,28-9-3-1-4-10-28)29-11-5-2-6-12-29;39-25-26-19-22-37-33(23-26)31-16-8-10-18-36(31)40(37)29-20-21-35-32(24-29)30-15-7-9-17-34(30)38(35,27-11-3-1-4-12-27)28-13-5-2-6-14-28;1-29(2)25-6-4-3-5-21(25)22-10-9-20(15-26(22)29)32-27-11-7-18(16-30)13-23(27)24-14-19(17-31)8-12-28(24)32;1-28(2)24-9-5-3-7-20(24)21-13-12-19(16-25(21)28)30-26-10-6-4-8-22(26)23-15-18(17-29)11-14-27(23)30/h1-23H;1-24H;3-15H,1-2H3;3-16H,1-2H3. The number of rotatable bonds is 8. The van der Waals surface area contributed by atoms with Gasteiger partial charge in [-0.3, -0.25) is 0 Å². The summed E-state index contributed by atoms with van der Waals surface area (Å²) < 4.78 is 9.15. The van der Waals surface area contributed by atoms with E-state index in [1.807, 2.05) is 97.1 Å². The van der Waals surface area contributed by atoms with Crippen molar-refractivity contribution in [3.63, 3.8) is 0 Å². The lowest BCUT2D eigenvalue weighted by Crippen LogP contribution is -2.28. The molecule has 0 fully saturated rings. The highest BCUT2D eigenvalue weighted by molar-refractivity contribution is 6.14. The zero-order valence-corrected chi connectivity index (χ0v) is 79.2. The zero-order chi connectivity index (χ0) is 97.4. The molecule has 0 unspecified atom stereocenters. The maximum absolute atomic E-state index is 9.62. The van der Waals surface area contributed by atoms with Crippen LogP contribution in [-0.2, 0) is 21.7 Å². The summed E-state index contributed by atoms with van der Waals surface area (Å²) in [6.07, 6.45) is 0. The highest BCUT2D eigenvalue weighted by atomic mass is 15.0. The van der Waals surface area contributed by atoms with E-state index in [0.29, 0.717) is 33.4 Å². The summed E-state index contributed by atoms with van der Waals surface area (Å²) in [6, 6.07) is 171. The predicted molar refractivity (Wildman–Crippen MR) is 581 cm³/mol. The van der Waals surface area contributed by atoms with E-state index in [1.54, 1.807) is 0 Å². The lowest BCUT2D eigenvalue weighted by Gasteiger charge is -2.33. The quantitative estimate of drug-likeness (QED) is 0.147. The average molecular weight is 1840 g/mol. The van der Waals surface area contributed by atoms with Crippen LogP contribution in [0.25, 0.3) is 154 Å². The minimum Gasteiger partial charge on any atom is -0.309 e. The van der Waals surface area contributed by atoms with E-state index in [9.17, 15) is 31.6 Å². The summed E-state index contributed by atoms with van der Waals surface area (Å²) in [4.78, 5) is 0. The number of nitriles is 6. The van der Waals surface area contributed by atoms with Gasteiger partial charge >= 0.3 is 0 Å². The summed E-state index contributed by atoms with van der Waals surface area (Å²) in [5.41, 5.74) is 41.5. The van der Waals surface area contributed by atoms with Crippen molar-refractivity contribution in [3.05, 3.63) is 549 Å². The van der Waals surface area contributed by atoms with Gasteiger partial charge in [-0.15, -0.1) is 0 Å². The maximum atomic E-state index is 9.62. The first kappa shape index (κ1) is 86.1. The fourth-order valence-corrected chi connectivity index (χ4v) is 24.3. The van der Waals surface area contributed by atoms with Crippen LogP contribution in [-0.4, -0.2) is 18.3 Å². The normalized spacial score (nSPS) is 13.3. The molecule has 10 nitrogen and oxygen atoms in total. The highest BCUT2D eigenvalue weighted by Gasteiger charge is 2.49. The van der Waals surface area contributed by atoms with Crippen molar-refractivity contribution in [3.8, 4) is 104 Å². The number of fused-ring (bicyclic) bond motifs is 24. The van der Waals surface area contributed by atoms with Gasteiger partial charge in [-0.05, 0) is 281 Å². The van der Waals surface area contributed by atoms with Gasteiger partial charge in [-0.1, -0.05) is 307 Å². The Morgan fingerprint density at radius 1 is 0.160 bits per heavy atom. The van der Waals surface area contributed by atoms with Crippen LogP contribution in [0.5, 0.6) is 0 Å². The van der Waals surface area contributed by atoms with Gasteiger partial charge < -0.3 is 18.3 Å². The molecule has 4 aromatic heterocycles. The van der Waals surface area contributed by atoms with E-state index in [0.717, 1.165) is 105 Å². The minimum atomic E-state index is -0.447. The van der Waals surface area contributed by atoms with Crippen LogP contribution in [0.1, 0.15) is 128 Å². The third-order valence-electron chi connectivity index (χ3n) is 30.7. The monoisotopic (exact) mass is 1830 g/mol. The van der Waals surface area contributed by atoms with Crippen molar-refractivity contribution in [1.82, 2.24) is 18.3 Å². The van der Waals surface area contributed by atoms with E-state index in [2.05, 4.69) is 434 Å². The lowest BCUT2D eigenvalue weighted by molar-refractivity contribution is 0.660. The Labute approximate surface area is 833 Å². The fraction of sp³-hybridized carbons (Fsp3) is 0.0597. The van der Waals surface area contributed by atoms with E-state index in [4.69, 9.17) is 0 Å².